The van der Waals surface area contributed by atoms with Crippen LogP contribution >= 0.6 is 0 Å². The lowest BCUT2D eigenvalue weighted by Gasteiger charge is -2.16. The van der Waals surface area contributed by atoms with Crippen LogP contribution in [0.15, 0.2) is 29.2 Å². The van der Waals surface area contributed by atoms with E-state index in [1.165, 1.54) is 19.1 Å². The Balaban J connectivity index is 1.69. The predicted octanol–water partition coefficient (Wildman–Crippen LogP) is 1.92. The van der Waals surface area contributed by atoms with Gasteiger partial charge in [0.05, 0.1) is 10.8 Å². The molecule has 5 nitrogen and oxygen atoms in total. The zero-order chi connectivity index (χ0) is 15.7. The van der Waals surface area contributed by atoms with Gasteiger partial charge < -0.3 is 9.47 Å². The molecule has 2 atom stereocenters. The van der Waals surface area contributed by atoms with Gasteiger partial charge in [0.1, 0.15) is 6.61 Å². The highest BCUT2D eigenvalue weighted by Gasteiger charge is 2.39. The molecule has 3 rings (SSSR count). The van der Waals surface area contributed by atoms with E-state index < -0.39 is 15.9 Å². The fourth-order valence-corrected chi connectivity index (χ4v) is 3.32. The second kappa shape index (κ2) is 6.01. The normalized spacial score (nSPS) is 25.2. The molecule has 22 heavy (non-hydrogen) atoms. The third-order valence-electron chi connectivity index (χ3n) is 4.26. The van der Waals surface area contributed by atoms with Gasteiger partial charge in [-0.25, -0.2) is 13.2 Å². The van der Waals surface area contributed by atoms with Crippen LogP contribution in [0.5, 0.6) is 0 Å². The van der Waals surface area contributed by atoms with E-state index in [1.54, 1.807) is 24.3 Å². The lowest BCUT2D eigenvalue weighted by molar-refractivity contribution is -0.147. The summed E-state index contributed by atoms with van der Waals surface area (Å²) in [6.07, 6.45) is 4.10. The lowest BCUT2D eigenvalue weighted by atomic mass is 9.96. The van der Waals surface area contributed by atoms with Crippen LogP contribution < -0.4 is 0 Å². The first kappa shape index (κ1) is 15.5. The van der Waals surface area contributed by atoms with Crippen molar-refractivity contribution in [2.75, 3.05) is 19.5 Å². The Kier molecular flexibility index (Phi) is 4.23. The molecule has 1 aliphatic carbocycles. The van der Waals surface area contributed by atoms with Crippen LogP contribution in [0.1, 0.15) is 30.7 Å². The average molecular weight is 324 g/mol. The molecule has 120 valence electrons. The number of esters is 1. The number of rotatable bonds is 6. The second-order valence-electron chi connectivity index (χ2n) is 6.10. The monoisotopic (exact) mass is 324 g/mol. The molecule has 1 saturated heterocycles. The van der Waals surface area contributed by atoms with Gasteiger partial charge in [0, 0.05) is 12.9 Å². The van der Waals surface area contributed by atoms with Crippen LogP contribution in [0.4, 0.5) is 0 Å². The highest BCUT2D eigenvalue weighted by atomic mass is 32.2. The number of cyclic esters (lactones) is 1. The summed E-state index contributed by atoms with van der Waals surface area (Å²) in [6.45, 7) is 0.855. The Morgan fingerprint density at radius 2 is 1.91 bits per heavy atom. The van der Waals surface area contributed by atoms with Crippen LogP contribution in [0.25, 0.3) is 0 Å². The van der Waals surface area contributed by atoms with Crippen molar-refractivity contribution in [3.63, 3.8) is 0 Å². The lowest BCUT2D eigenvalue weighted by Crippen LogP contribution is -2.25. The fraction of sp³-hybridized carbons (Fsp3) is 0.562. The van der Waals surface area contributed by atoms with Gasteiger partial charge in [0.25, 0.3) is 0 Å². The number of carbonyl (C=O) groups is 1. The van der Waals surface area contributed by atoms with E-state index in [9.17, 15) is 13.2 Å². The maximum absolute atomic E-state index is 11.8. The second-order valence-corrected chi connectivity index (χ2v) is 8.12. The Bertz CT molecular complexity index is 646. The van der Waals surface area contributed by atoms with Crippen molar-refractivity contribution in [1.29, 1.82) is 0 Å². The molecule has 0 N–H and O–H groups in total. The summed E-state index contributed by atoms with van der Waals surface area (Å²) in [5.41, 5.74) is 0.870. The van der Waals surface area contributed by atoms with Crippen LogP contribution in [0.3, 0.4) is 0 Å². The quantitative estimate of drug-likeness (QED) is 0.748. The first-order chi connectivity index (χ1) is 10.4. The molecule has 2 aliphatic rings. The summed E-state index contributed by atoms with van der Waals surface area (Å²) < 4.78 is 33.8. The van der Waals surface area contributed by atoms with Gasteiger partial charge in [-0.1, -0.05) is 25.0 Å². The number of ether oxygens (including phenoxy) is 2. The van der Waals surface area contributed by atoms with Crippen LogP contribution in [0.2, 0.25) is 0 Å². The Morgan fingerprint density at radius 1 is 1.23 bits per heavy atom. The van der Waals surface area contributed by atoms with Crippen LogP contribution in [0, 0.1) is 5.92 Å². The van der Waals surface area contributed by atoms with E-state index in [-0.39, 0.29) is 23.4 Å². The van der Waals surface area contributed by atoms with Crippen molar-refractivity contribution in [2.45, 2.75) is 36.2 Å². The maximum Gasteiger partial charge on any atom is 0.336 e. The minimum absolute atomic E-state index is 0.166. The molecule has 1 heterocycles. The highest BCUT2D eigenvalue weighted by molar-refractivity contribution is 7.90. The van der Waals surface area contributed by atoms with Gasteiger partial charge in [-0.05, 0) is 30.0 Å². The molecule has 0 aromatic heterocycles. The molecule has 2 unspecified atom stereocenters. The Morgan fingerprint density at radius 3 is 2.50 bits per heavy atom. The summed E-state index contributed by atoms with van der Waals surface area (Å²) in [4.78, 5) is 12.1. The number of hydrogen-bond acceptors (Lipinski definition) is 5. The smallest absolute Gasteiger partial charge is 0.336 e. The first-order valence-corrected chi connectivity index (χ1v) is 9.42. The number of hydrogen-bond donors (Lipinski definition) is 0. The van der Waals surface area contributed by atoms with Crippen molar-refractivity contribution in [3.8, 4) is 0 Å². The van der Waals surface area contributed by atoms with Gasteiger partial charge in [0.15, 0.2) is 15.9 Å². The van der Waals surface area contributed by atoms with E-state index in [0.29, 0.717) is 6.61 Å². The van der Waals surface area contributed by atoms with E-state index >= 15 is 0 Å². The van der Waals surface area contributed by atoms with Gasteiger partial charge in [-0.3, -0.25) is 0 Å². The molecule has 0 amide bonds. The molecule has 1 saturated carbocycles. The molecule has 0 spiro atoms. The predicted molar refractivity (Wildman–Crippen MR) is 80.3 cm³/mol. The Labute approximate surface area is 130 Å². The number of benzene rings is 1. The van der Waals surface area contributed by atoms with Crippen molar-refractivity contribution in [3.05, 3.63) is 29.8 Å². The number of sulfone groups is 1. The van der Waals surface area contributed by atoms with Gasteiger partial charge >= 0.3 is 5.97 Å². The third kappa shape index (κ3) is 3.50. The van der Waals surface area contributed by atoms with Crippen molar-refractivity contribution in [1.82, 2.24) is 0 Å². The van der Waals surface area contributed by atoms with E-state index in [0.717, 1.165) is 17.9 Å². The molecule has 2 fully saturated rings. The van der Waals surface area contributed by atoms with Crippen molar-refractivity contribution < 1.29 is 22.7 Å². The highest BCUT2D eigenvalue weighted by Crippen LogP contribution is 2.34. The van der Waals surface area contributed by atoms with Crippen LogP contribution in [-0.2, 0) is 24.1 Å². The van der Waals surface area contributed by atoms with Gasteiger partial charge in [-0.2, -0.15) is 0 Å². The molecule has 6 heteroatoms. The van der Waals surface area contributed by atoms with E-state index in [1.807, 2.05) is 0 Å². The molecule has 1 aromatic carbocycles. The fourth-order valence-electron chi connectivity index (χ4n) is 2.69. The summed E-state index contributed by atoms with van der Waals surface area (Å²) in [5.74, 6) is 0.262. The molecule has 1 aromatic rings. The Hall–Kier alpha value is -1.40. The van der Waals surface area contributed by atoms with E-state index in [2.05, 4.69) is 0 Å². The summed E-state index contributed by atoms with van der Waals surface area (Å²) in [7, 11) is -3.21. The van der Waals surface area contributed by atoms with Gasteiger partial charge in [0.2, 0.25) is 0 Å². The summed E-state index contributed by atoms with van der Waals surface area (Å²) >= 11 is 0. The minimum atomic E-state index is -3.21. The van der Waals surface area contributed by atoms with Crippen molar-refractivity contribution >= 4 is 15.8 Å². The zero-order valence-electron chi connectivity index (χ0n) is 12.5. The average Bonchev–Trinajstić information content (AvgIpc) is 3.22. The topological polar surface area (TPSA) is 69.7 Å². The van der Waals surface area contributed by atoms with Crippen LogP contribution in [-0.4, -0.2) is 40.0 Å². The SMILES string of the molecule is CS(=O)(=O)c1ccc(C2COC(=O)C2OCCC2CC2)cc1. The maximum atomic E-state index is 11.8. The zero-order valence-corrected chi connectivity index (χ0v) is 13.3. The number of carbonyl (C=O) groups excluding carboxylic acids is 1. The standard InChI is InChI=1S/C16H20O5S/c1-22(18,19)13-6-4-12(5-7-13)14-10-21-16(17)15(14)20-9-8-11-2-3-11/h4-7,11,14-15H,2-3,8-10H2,1H3. The molecular formula is C16H20O5S. The largest absolute Gasteiger partial charge is 0.463 e. The summed E-state index contributed by atoms with van der Waals surface area (Å²) in [6, 6.07) is 6.60. The molecule has 0 bridgehead atoms. The molecule has 1 aliphatic heterocycles. The minimum Gasteiger partial charge on any atom is -0.463 e. The molecule has 0 radical (unpaired) electrons. The third-order valence-corrected chi connectivity index (χ3v) is 5.39. The van der Waals surface area contributed by atoms with Crippen molar-refractivity contribution in [2.24, 2.45) is 5.92 Å². The summed E-state index contributed by atoms with van der Waals surface area (Å²) in [5, 5.41) is 0. The molecular weight excluding hydrogens is 304 g/mol. The van der Waals surface area contributed by atoms with Gasteiger partial charge in [-0.15, -0.1) is 0 Å². The van der Waals surface area contributed by atoms with E-state index in [4.69, 9.17) is 9.47 Å². The first-order valence-electron chi connectivity index (χ1n) is 7.53.